The normalized spacial score (nSPS) is 24.9. The molecule has 0 N–H and O–H groups in total. The van der Waals surface area contributed by atoms with E-state index in [1.165, 1.54) is 5.56 Å². The number of benzene rings is 1. The minimum Gasteiger partial charge on any atom is -0.383 e. The first-order chi connectivity index (χ1) is 11.0. The number of amides is 2. The van der Waals surface area contributed by atoms with Crippen LogP contribution >= 0.6 is 0 Å². The molecule has 1 aromatic carbocycles. The van der Waals surface area contributed by atoms with Crippen LogP contribution in [0.2, 0.25) is 0 Å². The third kappa shape index (κ3) is 2.85. The van der Waals surface area contributed by atoms with Gasteiger partial charge in [-0.25, -0.2) is 0 Å². The molecule has 5 nitrogen and oxygen atoms in total. The summed E-state index contributed by atoms with van der Waals surface area (Å²) in [5.74, 6) is -0.133. The highest BCUT2D eigenvalue weighted by Gasteiger charge is 2.41. The molecule has 0 saturated carbocycles. The highest BCUT2D eigenvalue weighted by Crippen LogP contribution is 2.34. The third-order valence-electron chi connectivity index (χ3n) is 4.89. The summed E-state index contributed by atoms with van der Waals surface area (Å²) in [5, 5.41) is 0. The predicted octanol–water partition coefficient (Wildman–Crippen LogP) is 1.85. The topological polar surface area (TPSA) is 49.9 Å². The number of hydrogen-bond acceptors (Lipinski definition) is 3. The van der Waals surface area contributed by atoms with E-state index in [2.05, 4.69) is 13.0 Å². The maximum absolute atomic E-state index is 13.0. The highest BCUT2D eigenvalue weighted by atomic mass is 16.5. The lowest BCUT2D eigenvalue weighted by atomic mass is 10.1. The third-order valence-corrected chi connectivity index (χ3v) is 4.89. The number of hydrogen-bond donors (Lipinski definition) is 0. The number of rotatable bonds is 4. The number of anilines is 1. The highest BCUT2D eigenvalue weighted by molar-refractivity contribution is 6.01. The van der Waals surface area contributed by atoms with Crippen molar-refractivity contribution in [2.45, 2.75) is 38.8 Å². The minimum absolute atomic E-state index is 0.00795. The minimum atomic E-state index is -0.254. The number of para-hydroxylation sites is 1. The van der Waals surface area contributed by atoms with E-state index in [-0.39, 0.29) is 29.8 Å². The number of carbonyl (C=O) groups excluding carboxylic acids is 2. The largest absolute Gasteiger partial charge is 0.383 e. The summed E-state index contributed by atoms with van der Waals surface area (Å²) in [4.78, 5) is 28.9. The van der Waals surface area contributed by atoms with E-state index >= 15 is 0 Å². The van der Waals surface area contributed by atoms with Crippen LogP contribution in [0.3, 0.4) is 0 Å². The van der Waals surface area contributed by atoms with Crippen molar-refractivity contribution in [1.29, 1.82) is 0 Å². The van der Waals surface area contributed by atoms with Crippen LogP contribution in [-0.2, 0) is 20.7 Å². The average Bonchev–Trinajstić information content (AvgIpc) is 3.06. The zero-order valence-electron chi connectivity index (χ0n) is 14.0. The summed E-state index contributed by atoms with van der Waals surface area (Å²) >= 11 is 0. The summed E-state index contributed by atoms with van der Waals surface area (Å²) in [6.45, 7) is 5.02. The first-order valence-corrected chi connectivity index (χ1v) is 8.22. The lowest BCUT2D eigenvalue weighted by Crippen LogP contribution is -2.42. The van der Waals surface area contributed by atoms with Gasteiger partial charge in [-0.15, -0.1) is 0 Å². The van der Waals surface area contributed by atoms with Gasteiger partial charge in [0.25, 0.3) is 0 Å². The molecular formula is C18H24N2O3. The standard InChI is InChI=1S/C18H24N2O3/c1-12-8-14-6-4-5-7-16(14)20(12)18(22)15-9-17(21)19(10-15)13(2)11-23-3/h4-7,12-13,15H,8-11H2,1-3H3/t12-,13+,15-/m0/s1. The van der Waals surface area contributed by atoms with Crippen molar-refractivity contribution < 1.29 is 14.3 Å². The van der Waals surface area contributed by atoms with Gasteiger partial charge < -0.3 is 14.5 Å². The number of methoxy groups -OCH3 is 1. The van der Waals surface area contributed by atoms with Crippen LogP contribution in [0, 0.1) is 5.92 Å². The van der Waals surface area contributed by atoms with Gasteiger partial charge in [-0.3, -0.25) is 9.59 Å². The van der Waals surface area contributed by atoms with E-state index in [1.807, 2.05) is 30.0 Å². The molecule has 0 radical (unpaired) electrons. The molecule has 1 fully saturated rings. The first-order valence-electron chi connectivity index (χ1n) is 8.22. The lowest BCUT2D eigenvalue weighted by molar-refractivity contribution is -0.130. The number of carbonyl (C=O) groups is 2. The molecule has 5 heteroatoms. The molecule has 2 aliphatic heterocycles. The van der Waals surface area contributed by atoms with Crippen LogP contribution in [-0.4, -0.2) is 49.1 Å². The maximum Gasteiger partial charge on any atom is 0.232 e. The molecule has 23 heavy (non-hydrogen) atoms. The Hall–Kier alpha value is -1.88. The lowest BCUT2D eigenvalue weighted by Gasteiger charge is -2.27. The van der Waals surface area contributed by atoms with Gasteiger partial charge in [-0.2, -0.15) is 0 Å². The summed E-state index contributed by atoms with van der Waals surface area (Å²) in [7, 11) is 1.63. The molecular weight excluding hydrogens is 292 g/mol. The summed E-state index contributed by atoms with van der Waals surface area (Å²) in [6, 6.07) is 8.20. The molecule has 0 unspecified atom stereocenters. The molecule has 1 saturated heterocycles. The van der Waals surface area contributed by atoms with Gasteiger partial charge in [-0.05, 0) is 31.9 Å². The molecule has 124 valence electrons. The maximum atomic E-state index is 13.0. The van der Waals surface area contributed by atoms with Gasteiger partial charge in [0, 0.05) is 31.8 Å². The van der Waals surface area contributed by atoms with Crippen LogP contribution in [0.5, 0.6) is 0 Å². The van der Waals surface area contributed by atoms with Crippen LogP contribution in [0.1, 0.15) is 25.8 Å². The molecule has 0 bridgehead atoms. The molecule has 2 aliphatic rings. The van der Waals surface area contributed by atoms with Crippen molar-refractivity contribution in [3.05, 3.63) is 29.8 Å². The Kier molecular flexibility index (Phi) is 4.39. The van der Waals surface area contributed by atoms with Crippen LogP contribution in [0.15, 0.2) is 24.3 Å². The summed E-state index contributed by atoms with van der Waals surface area (Å²) in [6.07, 6.45) is 1.19. The van der Waals surface area contributed by atoms with Crippen molar-refractivity contribution in [2.75, 3.05) is 25.2 Å². The van der Waals surface area contributed by atoms with Gasteiger partial charge >= 0.3 is 0 Å². The van der Waals surface area contributed by atoms with Gasteiger partial charge in [0.2, 0.25) is 11.8 Å². The smallest absolute Gasteiger partial charge is 0.232 e. The fourth-order valence-corrected chi connectivity index (χ4v) is 3.75. The Morgan fingerprint density at radius 3 is 2.83 bits per heavy atom. The molecule has 0 aromatic heterocycles. The average molecular weight is 316 g/mol. The fraction of sp³-hybridized carbons (Fsp3) is 0.556. The Morgan fingerprint density at radius 1 is 1.35 bits per heavy atom. The molecule has 1 aromatic rings. The van der Waals surface area contributed by atoms with Crippen molar-refractivity contribution in [1.82, 2.24) is 4.90 Å². The molecule has 2 amide bonds. The van der Waals surface area contributed by atoms with Gasteiger partial charge in [0.1, 0.15) is 0 Å². The van der Waals surface area contributed by atoms with Crippen LogP contribution < -0.4 is 4.90 Å². The van der Waals surface area contributed by atoms with E-state index < -0.39 is 0 Å². The SMILES string of the molecule is COC[C@@H](C)N1C[C@@H](C(=O)N2c3ccccc3C[C@@H]2C)CC1=O. The quantitative estimate of drug-likeness (QED) is 0.852. The number of likely N-dealkylation sites (tertiary alicyclic amines) is 1. The Balaban J connectivity index is 1.76. The number of ether oxygens (including phenoxy) is 1. The molecule has 2 heterocycles. The summed E-state index contributed by atoms with van der Waals surface area (Å²) < 4.78 is 5.13. The van der Waals surface area contributed by atoms with Crippen molar-refractivity contribution in [3.63, 3.8) is 0 Å². The van der Waals surface area contributed by atoms with E-state index in [4.69, 9.17) is 4.74 Å². The fourth-order valence-electron chi connectivity index (χ4n) is 3.75. The van der Waals surface area contributed by atoms with E-state index in [1.54, 1.807) is 12.0 Å². The van der Waals surface area contributed by atoms with Crippen LogP contribution in [0.4, 0.5) is 5.69 Å². The second-order valence-corrected chi connectivity index (χ2v) is 6.64. The zero-order valence-corrected chi connectivity index (χ0v) is 14.0. The van der Waals surface area contributed by atoms with E-state index in [9.17, 15) is 9.59 Å². The Bertz CT molecular complexity index is 616. The van der Waals surface area contributed by atoms with Crippen molar-refractivity contribution in [3.8, 4) is 0 Å². The monoisotopic (exact) mass is 316 g/mol. The van der Waals surface area contributed by atoms with E-state index in [0.717, 1.165) is 12.1 Å². The number of nitrogens with zero attached hydrogens (tertiary/aromatic N) is 2. The van der Waals surface area contributed by atoms with Gasteiger partial charge in [0.05, 0.1) is 18.6 Å². The Morgan fingerprint density at radius 2 is 2.09 bits per heavy atom. The van der Waals surface area contributed by atoms with Crippen molar-refractivity contribution in [2.24, 2.45) is 5.92 Å². The first kappa shape index (κ1) is 16.0. The second kappa shape index (κ2) is 6.32. The van der Waals surface area contributed by atoms with Gasteiger partial charge in [-0.1, -0.05) is 18.2 Å². The van der Waals surface area contributed by atoms with E-state index in [0.29, 0.717) is 19.6 Å². The molecule has 0 spiro atoms. The van der Waals surface area contributed by atoms with Crippen LogP contribution in [0.25, 0.3) is 0 Å². The molecule has 3 atom stereocenters. The van der Waals surface area contributed by atoms with Gasteiger partial charge in [0.15, 0.2) is 0 Å². The summed E-state index contributed by atoms with van der Waals surface area (Å²) in [5.41, 5.74) is 2.21. The van der Waals surface area contributed by atoms with Crippen molar-refractivity contribution >= 4 is 17.5 Å². The zero-order chi connectivity index (χ0) is 16.6. The predicted molar refractivity (Wildman–Crippen MR) is 88.3 cm³/mol. The number of fused-ring (bicyclic) bond motifs is 1. The Labute approximate surface area is 137 Å². The molecule has 0 aliphatic carbocycles. The molecule has 3 rings (SSSR count). The second-order valence-electron chi connectivity index (χ2n) is 6.64.